The summed E-state index contributed by atoms with van der Waals surface area (Å²) >= 11 is 0. The van der Waals surface area contributed by atoms with Crippen molar-refractivity contribution in [1.82, 2.24) is 29.5 Å². The fourth-order valence-electron chi connectivity index (χ4n) is 2.59. The van der Waals surface area contributed by atoms with Gasteiger partial charge in [0.1, 0.15) is 12.1 Å². The van der Waals surface area contributed by atoms with Crippen molar-refractivity contribution >= 4 is 22.5 Å². The third-order valence-corrected chi connectivity index (χ3v) is 3.90. The molecule has 7 heteroatoms. The van der Waals surface area contributed by atoms with Crippen molar-refractivity contribution < 1.29 is 0 Å². The first-order valence-corrected chi connectivity index (χ1v) is 8.09. The van der Waals surface area contributed by atoms with E-state index in [9.17, 15) is 0 Å². The second-order valence-electron chi connectivity index (χ2n) is 6.82. The number of anilines is 2. The van der Waals surface area contributed by atoms with Gasteiger partial charge in [-0.3, -0.25) is 4.68 Å². The molecule has 1 N–H and O–H groups in total. The van der Waals surface area contributed by atoms with Gasteiger partial charge in [-0.25, -0.2) is 14.6 Å². The molecule has 3 aromatic heterocycles. The highest BCUT2D eigenvalue weighted by Crippen LogP contribution is 2.25. The quantitative estimate of drug-likeness (QED) is 0.621. The van der Waals surface area contributed by atoms with Crippen molar-refractivity contribution in [1.29, 1.82) is 0 Å². The fraction of sp³-hybridized carbons (Fsp3) is 0.222. The van der Waals surface area contributed by atoms with Crippen LogP contribution >= 0.6 is 0 Å². The van der Waals surface area contributed by atoms with Crippen molar-refractivity contribution in [2.45, 2.75) is 26.3 Å². The summed E-state index contributed by atoms with van der Waals surface area (Å²) in [6.45, 7) is 6.32. The van der Waals surface area contributed by atoms with Crippen LogP contribution in [-0.4, -0.2) is 29.5 Å². The molecule has 0 saturated carbocycles. The molecule has 0 aliphatic rings. The number of hydrogen-bond acceptors (Lipinski definition) is 5. The van der Waals surface area contributed by atoms with Crippen molar-refractivity contribution in [2.75, 3.05) is 5.32 Å². The van der Waals surface area contributed by atoms with Crippen LogP contribution in [0.3, 0.4) is 0 Å². The number of fused-ring (bicyclic) bond motifs is 1. The van der Waals surface area contributed by atoms with Gasteiger partial charge in [0, 0.05) is 6.20 Å². The topological polar surface area (TPSA) is 73.5 Å². The zero-order valence-corrected chi connectivity index (χ0v) is 14.4. The summed E-state index contributed by atoms with van der Waals surface area (Å²) in [4.78, 5) is 8.76. The Morgan fingerprint density at radius 3 is 2.48 bits per heavy atom. The number of hydrogen-bond donors (Lipinski definition) is 1. The number of para-hydroxylation sites is 1. The van der Waals surface area contributed by atoms with Crippen LogP contribution in [0.1, 0.15) is 20.8 Å². The summed E-state index contributed by atoms with van der Waals surface area (Å²) in [5.41, 5.74) is 2.52. The summed E-state index contributed by atoms with van der Waals surface area (Å²) in [6, 6.07) is 9.92. The molecule has 0 saturated heterocycles. The molecule has 0 unspecified atom stereocenters. The Bertz CT molecular complexity index is 1010. The third-order valence-electron chi connectivity index (χ3n) is 3.90. The van der Waals surface area contributed by atoms with E-state index >= 15 is 0 Å². The molecule has 0 fully saturated rings. The Morgan fingerprint density at radius 2 is 1.76 bits per heavy atom. The number of rotatable bonds is 3. The van der Waals surface area contributed by atoms with Crippen LogP contribution in [0.4, 0.5) is 11.5 Å². The van der Waals surface area contributed by atoms with Gasteiger partial charge in [0.2, 0.25) is 0 Å². The lowest BCUT2D eigenvalue weighted by atomic mass is 10.1. The van der Waals surface area contributed by atoms with E-state index in [1.54, 1.807) is 23.4 Å². The summed E-state index contributed by atoms with van der Waals surface area (Å²) in [5.74, 6) is 0.709. The van der Waals surface area contributed by atoms with Gasteiger partial charge in [-0.2, -0.15) is 10.2 Å². The van der Waals surface area contributed by atoms with E-state index in [2.05, 4.69) is 46.3 Å². The molecule has 7 nitrogen and oxygen atoms in total. The van der Waals surface area contributed by atoms with Gasteiger partial charge >= 0.3 is 0 Å². The lowest BCUT2D eigenvalue weighted by molar-refractivity contribution is 0.355. The SMILES string of the molecule is CC(C)(C)n1cc(Nc2ncnc3c2cnn3-c2ccccc2)cn1. The molecule has 25 heavy (non-hydrogen) atoms. The molecule has 0 atom stereocenters. The molecule has 126 valence electrons. The summed E-state index contributed by atoms with van der Waals surface area (Å²) in [7, 11) is 0. The minimum absolute atomic E-state index is 0.0703. The predicted molar refractivity (Wildman–Crippen MR) is 97.2 cm³/mol. The van der Waals surface area contributed by atoms with Crippen molar-refractivity contribution in [3.05, 3.63) is 55.2 Å². The Hall–Kier alpha value is -3.22. The average Bonchev–Trinajstić information content (AvgIpc) is 3.23. The first-order valence-electron chi connectivity index (χ1n) is 8.09. The molecule has 4 rings (SSSR count). The highest BCUT2D eigenvalue weighted by Gasteiger charge is 2.15. The van der Waals surface area contributed by atoms with Crippen LogP contribution in [0.2, 0.25) is 0 Å². The zero-order chi connectivity index (χ0) is 17.4. The van der Waals surface area contributed by atoms with E-state index in [0.29, 0.717) is 5.82 Å². The molecule has 0 aliphatic carbocycles. The monoisotopic (exact) mass is 333 g/mol. The first kappa shape index (κ1) is 15.3. The van der Waals surface area contributed by atoms with Gasteiger partial charge in [-0.15, -0.1) is 0 Å². The maximum atomic E-state index is 4.47. The lowest BCUT2D eigenvalue weighted by Crippen LogP contribution is -2.21. The number of benzene rings is 1. The number of nitrogens with one attached hydrogen (secondary N) is 1. The first-order chi connectivity index (χ1) is 12.0. The van der Waals surface area contributed by atoms with Gasteiger partial charge in [-0.1, -0.05) is 18.2 Å². The van der Waals surface area contributed by atoms with Gasteiger partial charge in [0.15, 0.2) is 5.65 Å². The zero-order valence-electron chi connectivity index (χ0n) is 14.4. The Kier molecular flexibility index (Phi) is 3.49. The largest absolute Gasteiger partial charge is 0.337 e. The molecular weight excluding hydrogens is 314 g/mol. The Labute approximate surface area is 145 Å². The van der Waals surface area contributed by atoms with E-state index < -0.39 is 0 Å². The van der Waals surface area contributed by atoms with Crippen LogP contribution in [0.15, 0.2) is 55.2 Å². The van der Waals surface area contributed by atoms with E-state index in [1.807, 2.05) is 41.2 Å². The third kappa shape index (κ3) is 2.84. The molecule has 0 aliphatic heterocycles. The highest BCUT2D eigenvalue weighted by molar-refractivity contribution is 5.88. The van der Waals surface area contributed by atoms with Crippen LogP contribution < -0.4 is 5.32 Å². The van der Waals surface area contributed by atoms with Crippen LogP contribution in [-0.2, 0) is 5.54 Å². The summed E-state index contributed by atoms with van der Waals surface area (Å²) in [5, 5.41) is 13.0. The maximum absolute atomic E-state index is 4.47. The standard InChI is InChI=1S/C18H19N7/c1-18(2,3)24-11-13(9-21-24)23-16-15-10-22-25(17(15)20-12-19-16)14-7-5-4-6-8-14/h4-12H,1-3H3,(H,19,20,23). The molecule has 4 aromatic rings. The molecule has 0 radical (unpaired) electrons. The summed E-state index contributed by atoms with van der Waals surface area (Å²) in [6.07, 6.45) is 7.08. The maximum Gasteiger partial charge on any atom is 0.168 e. The summed E-state index contributed by atoms with van der Waals surface area (Å²) < 4.78 is 3.72. The molecular formula is C18H19N7. The molecule has 0 bridgehead atoms. The van der Waals surface area contributed by atoms with Crippen LogP contribution in [0, 0.1) is 0 Å². The normalized spacial score (nSPS) is 11.8. The number of nitrogens with zero attached hydrogens (tertiary/aromatic N) is 6. The van der Waals surface area contributed by atoms with Crippen LogP contribution in [0.5, 0.6) is 0 Å². The molecule has 0 amide bonds. The highest BCUT2D eigenvalue weighted by atomic mass is 15.3. The average molecular weight is 333 g/mol. The smallest absolute Gasteiger partial charge is 0.168 e. The van der Waals surface area contributed by atoms with E-state index in [4.69, 9.17) is 0 Å². The Balaban J connectivity index is 1.72. The predicted octanol–water partition coefficient (Wildman–Crippen LogP) is 3.51. The molecule has 1 aromatic carbocycles. The van der Waals surface area contributed by atoms with Crippen molar-refractivity contribution in [2.24, 2.45) is 0 Å². The van der Waals surface area contributed by atoms with E-state index in [0.717, 1.165) is 22.4 Å². The van der Waals surface area contributed by atoms with Crippen molar-refractivity contribution in [3.8, 4) is 5.69 Å². The van der Waals surface area contributed by atoms with Gasteiger partial charge < -0.3 is 5.32 Å². The fourth-order valence-corrected chi connectivity index (χ4v) is 2.59. The number of aromatic nitrogens is 6. The second-order valence-corrected chi connectivity index (χ2v) is 6.82. The lowest BCUT2D eigenvalue weighted by Gasteiger charge is -2.18. The van der Waals surface area contributed by atoms with Crippen LogP contribution in [0.25, 0.3) is 16.7 Å². The molecule has 3 heterocycles. The van der Waals surface area contributed by atoms with Gasteiger partial charge in [0.25, 0.3) is 0 Å². The Morgan fingerprint density at radius 1 is 0.960 bits per heavy atom. The van der Waals surface area contributed by atoms with E-state index in [1.165, 1.54) is 0 Å². The minimum Gasteiger partial charge on any atom is -0.337 e. The molecule has 0 spiro atoms. The van der Waals surface area contributed by atoms with Crippen molar-refractivity contribution in [3.63, 3.8) is 0 Å². The van der Waals surface area contributed by atoms with Gasteiger partial charge in [0.05, 0.1) is 34.7 Å². The van der Waals surface area contributed by atoms with E-state index in [-0.39, 0.29) is 5.54 Å². The van der Waals surface area contributed by atoms with Gasteiger partial charge in [-0.05, 0) is 32.9 Å². The second kappa shape index (κ2) is 5.70. The minimum atomic E-state index is -0.0703.